The van der Waals surface area contributed by atoms with Crippen LogP contribution >= 0.6 is 11.3 Å². The molecule has 0 amide bonds. The number of anilines is 6. The minimum Gasteiger partial charge on any atom is -0.311 e. The van der Waals surface area contributed by atoms with E-state index >= 15 is 0 Å². The smallest absolute Gasteiger partial charge is 0.252 e. The van der Waals surface area contributed by atoms with Gasteiger partial charge in [0.1, 0.15) is 0 Å². The zero-order valence-corrected chi connectivity index (χ0v) is 51.0. The zero-order valence-electron chi connectivity index (χ0n) is 50.2. The van der Waals surface area contributed by atoms with E-state index in [2.05, 4.69) is 345 Å². The van der Waals surface area contributed by atoms with Gasteiger partial charge in [0.05, 0.1) is 16.7 Å². The molecule has 3 nitrogen and oxygen atoms in total. The number of thiophene rings is 1. The van der Waals surface area contributed by atoms with Crippen LogP contribution in [0.2, 0.25) is 0 Å². The molecule has 0 fully saturated rings. The fraction of sp³-hybridized carbons (Fsp3) is 0.0714. The molecule has 422 valence electrons. The van der Waals surface area contributed by atoms with Crippen molar-refractivity contribution in [2.24, 2.45) is 0 Å². The van der Waals surface area contributed by atoms with E-state index in [0.29, 0.717) is 0 Å². The second kappa shape index (κ2) is 20.6. The molecule has 0 aliphatic carbocycles. The number of hydrogen-bond acceptors (Lipinski definition) is 3. The van der Waals surface area contributed by atoms with Crippen LogP contribution in [0.25, 0.3) is 81.0 Å². The van der Waals surface area contributed by atoms with Crippen LogP contribution in [0, 0.1) is 0 Å². The Kier molecular flexibility index (Phi) is 12.2. The molecule has 0 bridgehead atoms. The van der Waals surface area contributed by atoms with Gasteiger partial charge in [-0.2, -0.15) is 0 Å². The first-order valence-electron chi connectivity index (χ1n) is 31.1. The van der Waals surface area contributed by atoms with Crippen LogP contribution in [0.3, 0.4) is 0 Å². The van der Waals surface area contributed by atoms with Gasteiger partial charge in [0.15, 0.2) is 0 Å². The fourth-order valence-electron chi connectivity index (χ4n) is 14.7. The molecule has 0 N–H and O–H groups in total. The molecule has 0 radical (unpaired) electrons. The number of benzene rings is 13. The molecular weight excluding hydrogens is 1090 g/mol. The van der Waals surface area contributed by atoms with E-state index in [4.69, 9.17) is 0 Å². The maximum Gasteiger partial charge on any atom is 0.252 e. The van der Waals surface area contributed by atoms with E-state index in [-0.39, 0.29) is 17.5 Å². The lowest BCUT2D eigenvalue weighted by Gasteiger charge is -2.45. The number of rotatable bonds is 10. The Labute approximate surface area is 524 Å². The largest absolute Gasteiger partial charge is 0.311 e. The molecule has 0 saturated carbocycles. The Balaban J connectivity index is 0.985. The Morgan fingerprint density at radius 2 is 0.708 bits per heavy atom. The lowest BCUT2D eigenvalue weighted by atomic mass is 9.33. The van der Waals surface area contributed by atoms with Crippen LogP contribution in [0.5, 0.6) is 0 Å². The Morgan fingerprint density at radius 1 is 0.281 bits per heavy atom. The van der Waals surface area contributed by atoms with Crippen molar-refractivity contribution in [3.05, 3.63) is 326 Å². The van der Waals surface area contributed by atoms with Crippen molar-refractivity contribution < 1.29 is 0 Å². The highest BCUT2D eigenvalue weighted by Crippen LogP contribution is 2.50. The van der Waals surface area contributed by atoms with Gasteiger partial charge >= 0.3 is 0 Å². The summed E-state index contributed by atoms with van der Waals surface area (Å²) in [6, 6.07) is 114. The first-order chi connectivity index (χ1) is 43.6. The molecule has 0 atom stereocenters. The zero-order chi connectivity index (χ0) is 59.5. The van der Waals surface area contributed by atoms with Crippen LogP contribution in [0.1, 0.15) is 49.9 Å². The minimum atomic E-state index is -0.296. The summed E-state index contributed by atoms with van der Waals surface area (Å²) >= 11 is 1.90. The predicted octanol–water partition coefficient (Wildman–Crippen LogP) is 20.9. The Hall–Kier alpha value is -10.5. The van der Waals surface area contributed by atoms with Gasteiger partial charge in [-0.05, 0) is 157 Å². The summed E-state index contributed by atoms with van der Waals surface area (Å²) in [6.07, 6.45) is 0. The van der Waals surface area contributed by atoms with E-state index in [1.807, 2.05) is 11.3 Å². The van der Waals surface area contributed by atoms with Crippen LogP contribution in [-0.2, 0) is 10.8 Å². The van der Waals surface area contributed by atoms with Gasteiger partial charge in [-0.25, -0.2) is 0 Å². The van der Waals surface area contributed by atoms with Crippen molar-refractivity contribution in [3.63, 3.8) is 0 Å². The monoisotopic (exact) mass is 1160 g/mol. The van der Waals surface area contributed by atoms with Crippen molar-refractivity contribution in [2.45, 2.75) is 38.5 Å². The fourth-order valence-corrected chi connectivity index (χ4v) is 15.8. The highest BCUT2D eigenvalue weighted by atomic mass is 32.1. The first kappa shape index (κ1) is 52.8. The lowest BCUT2D eigenvalue weighted by Crippen LogP contribution is -2.61. The average Bonchev–Trinajstić information content (AvgIpc) is 1.47. The summed E-state index contributed by atoms with van der Waals surface area (Å²) in [5.74, 6) is 0. The van der Waals surface area contributed by atoms with Crippen molar-refractivity contribution in [1.82, 2.24) is 4.57 Å². The summed E-state index contributed by atoms with van der Waals surface area (Å²) < 4.78 is 5.14. The molecule has 13 aromatic carbocycles. The SMILES string of the molecule is CC(C)(c1ccccc1)c1ccc(N2c3ccc(C(C)(C)c4ccccc4)cc3B3c4cc5sc6ccccc6c5cc4N(c4ccc(-c5ccccc5)cc4)c4cc(-n5c6ccc(-c7ccccc7)cc6c6cc(-c7ccccc7)ccc65)cc2c43)cc1. The molecule has 2 aliphatic heterocycles. The van der Waals surface area contributed by atoms with Gasteiger partial charge in [0, 0.05) is 75.9 Å². The summed E-state index contributed by atoms with van der Waals surface area (Å²) in [5, 5.41) is 4.98. The lowest BCUT2D eigenvalue weighted by molar-refractivity contribution is 0.641. The standard InChI is InChI=1S/C84H62BN3S/c1-83(2,61-28-16-8-17-29-61)63-38-43-66(44-39-63)86-76-47-40-64(84(3,4)62-30-18-9-19-31-62)50-72(76)85-73-54-81-71(68-32-20-21-33-80(68)89-81)53-77(73)87(65-41-34-58(35-42-65)55-22-10-5-11-23-55)79-52-67(51-78(86)82(79)85)88-74-45-36-59(56-24-12-6-13-25-56)48-69(74)70-49-60(37-46-75(70)88)57-26-14-7-15-27-57/h5-54H,1-4H3. The molecule has 4 heterocycles. The molecule has 0 unspecified atom stereocenters. The van der Waals surface area contributed by atoms with Crippen LogP contribution in [-0.4, -0.2) is 11.3 Å². The van der Waals surface area contributed by atoms with Crippen LogP contribution in [0.4, 0.5) is 34.1 Å². The van der Waals surface area contributed by atoms with E-state index in [9.17, 15) is 0 Å². The van der Waals surface area contributed by atoms with E-state index in [1.165, 1.54) is 114 Å². The van der Waals surface area contributed by atoms with Gasteiger partial charge in [-0.1, -0.05) is 246 Å². The maximum absolute atomic E-state index is 2.61. The minimum absolute atomic E-state index is 0.132. The third kappa shape index (κ3) is 8.55. The van der Waals surface area contributed by atoms with Gasteiger partial charge in [0.25, 0.3) is 6.71 Å². The van der Waals surface area contributed by atoms with Gasteiger partial charge in [-0.15, -0.1) is 11.3 Å². The summed E-state index contributed by atoms with van der Waals surface area (Å²) in [4.78, 5) is 5.21. The van der Waals surface area contributed by atoms with E-state index in [1.54, 1.807) is 0 Å². The maximum atomic E-state index is 2.61. The molecule has 5 heteroatoms. The molecule has 2 aliphatic rings. The number of hydrogen-bond donors (Lipinski definition) is 0. The number of nitrogens with zero attached hydrogens (tertiary/aromatic N) is 3. The number of aromatic nitrogens is 1. The molecular formula is C84H62BN3S. The highest BCUT2D eigenvalue weighted by Gasteiger charge is 2.45. The molecule has 2 aromatic heterocycles. The van der Waals surface area contributed by atoms with Gasteiger partial charge in [-0.3, -0.25) is 0 Å². The number of fused-ring (bicyclic) bond motifs is 10. The van der Waals surface area contributed by atoms with E-state index in [0.717, 1.165) is 39.5 Å². The van der Waals surface area contributed by atoms with Crippen molar-refractivity contribution >= 4 is 111 Å². The second-order valence-electron chi connectivity index (χ2n) is 25.3. The molecule has 15 aromatic rings. The molecule has 0 saturated heterocycles. The molecule has 89 heavy (non-hydrogen) atoms. The van der Waals surface area contributed by atoms with Gasteiger partial charge in [0.2, 0.25) is 0 Å². The summed E-state index contributed by atoms with van der Waals surface area (Å²) in [7, 11) is 0. The first-order valence-corrected chi connectivity index (χ1v) is 31.9. The molecule has 0 spiro atoms. The quantitative estimate of drug-likeness (QED) is 0.126. The topological polar surface area (TPSA) is 11.4 Å². The third-order valence-corrected chi connectivity index (χ3v) is 20.7. The summed E-state index contributed by atoms with van der Waals surface area (Å²) in [5.41, 5.74) is 25.9. The van der Waals surface area contributed by atoms with Crippen LogP contribution in [0.15, 0.2) is 303 Å². The van der Waals surface area contributed by atoms with Crippen molar-refractivity contribution in [2.75, 3.05) is 9.80 Å². The van der Waals surface area contributed by atoms with E-state index < -0.39 is 0 Å². The normalized spacial score (nSPS) is 12.9. The molecule has 17 rings (SSSR count). The second-order valence-corrected chi connectivity index (χ2v) is 26.3. The average molecular weight is 1160 g/mol. The Morgan fingerprint density at radius 3 is 1.27 bits per heavy atom. The van der Waals surface area contributed by atoms with Crippen molar-refractivity contribution in [1.29, 1.82) is 0 Å². The highest BCUT2D eigenvalue weighted by molar-refractivity contribution is 7.26. The van der Waals surface area contributed by atoms with Gasteiger partial charge < -0.3 is 14.4 Å². The van der Waals surface area contributed by atoms with Crippen molar-refractivity contribution in [3.8, 4) is 39.1 Å². The van der Waals surface area contributed by atoms with Crippen LogP contribution < -0.4 is 26.2 Å². The summed E-state index contributed by atoms with van der Waals surface area (Å²) in [6.45, 7) is 9.33. The third-order valence-electron chi connectivity index (χ3n) is 19.6. The predicted molar refractivity (Wildman–Crippen MR) is 381 cm³/mol. The Bertz CT molecular complexity index is 5130.